The number of thiophene rings is 1. The Morgan fingerprint density at radius 2 is 2.11 bits per heavy atom. The van der Waals surface area contributed by atoms with Crippen LogP contribution >= 0.6 is 22.9 Å². The molecule has 2 atom stereocenters. The molecule has 2 saturated heterocycles. The second-order valence-electron chi connectivity index (χ2n) is 5.02. The van der Waals surface area contributed by atoms with Gasteiger partial charge in [-0.25, -0.2) is 0 Å². The lowest BCUT2D eigenvalue weighted by molar-refractivity contribution is 0.0604. The van der Waals surface area contributed by atoms with Gasteiger partial charge in [0.25, 0.3) is 5.91 Å². The van der Waals surface area contributed by atoms with E-state index in [1.54, 1.807) is 7.11 Å². The van der Waals surface area contributed by atoms with Crippen molar-refractivity contribution in [3.63, 3.8) is 0 Å². The third kappa shape index (κ3) is 2.01. The van der Waals surface area contributed by atoms with Crippen molar-refractivity contribution in [1.82, 2.24) is 4.90 Å². The monoisotopic (exact) mass is 285 g/mol. The number of hydrogen-bond donors (Lipinski definition) is 0. The summed E-state index contributed by atoms with van der Waals surface area (Å²) in [5, 5.41) is 2.12. The van der Waals surface area contributed by atoms with Gasteiger partial charge in [0.1, 0.15) is 5.75 Å². The third-order valence-electron chi connectivity index (χ3n) is 3.93. The van der Waals surface area contributed by atoms with Gasteiger partial charge in [0.2, 0.25) is 0 Å². The van der Waals surface area contributed by atoms with Crippen LogP contribution in [0.4, 0.5) is 0 Å². The van der Waals surface area contributed by atoms with Crippen molar-refractivity contribution in [1.29, 1.82) is 0 Å². The van der Waals surface area contributed by atoms with Crippen LogP contribution in [0.1, 0.15) is 35.4 Å². The highest BCUT2D eigenvalue weighted by molar-refractivity contribution is 7.12. The summed E-state index contributed by atoms with van der Waals surface area (Å²) in [6.07, 6.45) is 4.07. The Balaban J connectivity index is 1.81. The quantitative estimate of drug-likeness (QED) is 0.782. The number of nitrogens with zero attached hydrogens (tertiary/aromatic N) is 1. The van der Waals surface area contributed by atoms with E-state index in [9.17, 15) is 4.79 Å². The van der Waals surface area contributed by atoms with Crippen molar-refractivity contribution < 1.29 is 9.53 Å². The maximum atomic E-state index is 12.5. The number of alkyl halides is 1. The van der Waals surface area contributed by atoms with E-state index in [1.165, 1.54) is 11.3 Å². The lowest BCUT2D eigenvalue weighted by Crippen LogP contribution is -2.46. The summed E-state index contributed by atoms with van der Waals surface area (Å²) < 4.78 is 5.14. The molecule has 0 spiro atoms. The summed E-state index contributed by atoms with van der Waals surface area (Å²) in [4.78, 5) is 15.4. The van der Waals surface area contributed by atoms with E-state index in [1.807, 2.05) is 11.4 Å². The maximum absolute atomic E-state index is 12.5. The Morgan fingerprint density at radius 1 is 1.44 bits per heavy atom. The SMILES string of the molecule is COc1csc(C(=O)N2C3CCC2CC(Cl)C3)c1. The van der Waals surface area contributed by atoms with Crippen LogP contribution in [0.2, 0.25) is 0 Å². The number of carbonyl (C=O) groups is 1. The van der Waals surface area contributed by atoms with E-state index >= 15 is 0 Å². The van der Waals surface area contributed by atoms with Gasteiger partial charge in [-0.3, -0.25) is 4.79 Å². The number of rotatable bonds is 2. The smallest absolute Gasteiger partial charge is 0.264 e. The van der Waals surface area contributed by atoms with Gasteiger partial charge in [-0.15, -0.1) is 22.9 Å². The topological polar surface area (TPSA) is 29.5 Å². The average molecular weight is 286 g/mol. The molecule has 1 amide bonds. The van der Waals surface area contributed by atoms with E-state index in [0.717, 1.165) is 36.3 Å². The molecular weight excluding hydrogens is 270 g/mol. The van der Waals surface area contributed by atoms with Gasteiger partial charge in [-0.2, -0.15) is 0 Å². The highest BCUT2D eigenvalue weighted by Crippen LogP contribution is 2.39. The van der Waals surface area contributed by atoms with Gasteiger partial charge in [0, 0.05) is 28.9 Å². The van der Waals surface area contributed by atoms with Crippen LogP contribution in [-0.2, 0) is 0 Å². The number of ether oxygens (including phenoxy) is 1. The van der Waals surface area contributed by atoms with E-state index in [-0.39, 0.29) is 11.3 Å². The molecule has 0 radical (unpaired) electrons. The molecule has 2 aliphatic rings. The average Bonchev–Trinajstić information content (AvgIpc) is 2.92. The minimum Gasteiger partial charge on any atom is -0.496 e. The summed E-state index contributed by atoms with van der Waals surface area (Å²) in [5.41, 5.74) is 0. The molecule has 0 saturated carbocycles. The molecule has 2 unspecified atom stereocenters. The molecule has 2 fully saturated rings. The first kappa shape index (κ1) is 12.3. The minimum absolute atomic E-state index is 0.152. The Bertz CT molecular complexity index is 448. The van der Waals surface area contributed by atoms with Crippen molar-refractivity contribution in [2.45, 2.75) is 43.1 Å². The first-order valence-corrected chi connectivity index (χ1v) is 7.60. The van der Waals surface area contributed by atoms with Gasteiger partial charge in [-0.1, -0.05) is 0 Å². The van der Waals surface area contributed by atoms with Crippen LogP contribution in [-0.4, -0.2) is 35.4 Å². The number of hydrogen-bond acceptors (Lipinski definition) is 3. The van der Waals surface area contributed by atoms with Crippen molar-refractivity contribution in [3.8, 4) is 5.75 Å². The van der Waals surface area contributed by atoms with E-state index in [2.05, 4.69) is 4.90 Å². The molecule has 1 aromatic heterocycles. The summed E-state index contributed by atoms with van der Waals surface area (Å²) in [5.74, 6) is 0.919. The summed E-state index contributed by atoms with van der Waals surface area (Å²) in [6.45, 7) is 0. The lowest BCUT2D eigenvalue weighted by Gasteiger charge is -2.36. The fourth-order valence-corrected chi connectivity index (χ4v) is 4.32. The Labute approximate surface area is 116 Å². The molecular formula is C13H16ClNO2S. The number of halogens is 1. The molecule has 18 heavy (non-hydrogen) atoms. The first-order chi connectivity index (χ1) is 8.69. The highest BCUT2D eigenvalue weighted by atomic mass is 35.5. The fourth-order valence-electron chi connectivity index (χ4n) is 3.11. The molecule has 0 aliphatic carbocycles. The normalized spacial score (nSPS) is 30.6. The standard InChI is InChI=1S/C13H16ClNO2S/c1-17-11-6-12(18-7-11)13(16)15-9-2-3-10(15)5-8(14)4-9/h6-10H,2-5H2,1H3. The first-order valence-electron chi connectivity index (χ1n) is 6.28. The lowest BCUT2D eigenvalue weighted by atomic mass is 10.0. The van der Waals surface area contributed by atoms with Crippen molar-refractivity contribution in [2.24, 2.45) is 0 Å². The Morgan fingerprint density at radius 3 is 2.67 bits per heavy atom. The van der Waals surface area contributed by atoms with Crippen molar-refractivity contribution in [3.05, 3.63) is 16.3 Å². The van der Waals surface area contributed by atoms with Crippen LogP contribution in [0.15, 0.2) is 11.4 Å². The fraction of sp³-hybridized carbons (Fsp3) is 0.615. The zero-order valence-electron chi connectivity index (χ0n) is 10.3. The number of amides is 1. The predicted molar refractivity (Wildman–Crippen MR) is 72.7 cm³/mol. The molecule has 98 valence electrons. The Kier molecular flexibility index (Phi) is 3.24. The number of piperidine rings is 1. The van der Waals surface area contributed by atoms with Gasteiger partial charge in [-0.05, 0) is 25.7 Å². The minimum atomic E-state index is 0.152. The summed E-state index contributed by atoms with van der Waals surface area (Å²) in [7, 11) is 1.62. The number of fused-ring (bicyclic) bond motifs is 2. The van der Waals surface area contributed by atoms with Crippen molar-refractivity contribution >= 4 is 28.8 Å². The van der Waals surface area contributed by atoms with Crippen LogP contribution in [0.3, 0.4) is 0 Å². The van der Waals surface area contributed by atoms with E-state index in [4.69, 9.17) is 16.3 Å². The van der Waals surface area contributed by atoms with E-state index < -0.39 is 0 Å². The molecule has 2 bridgehead atoms. The van der Waals surface area contributed by atoms with Crippen LogP contribution in [0.25, 0.3) is 0 Å². The Hall–Kier alpha value is -0.740. The molecule has 3 rings (SSSR count). The molecule has 0 N–H and O–H groups in total. The number of carbonyl (C=O) groups excluding carboxylic acids is 1. The summed E-state index contributed by atoms with van der Waals surface area (Å²) >= 11 is 7.69. The molecule has 3 heterocycles. The van der Waals surface area contributed by atoms with Gasteiger partial charge < -0.3 is 9.64 Å². The molecule has 1 aromatic rings. The molecule has 2 aliphatic heterocycles. The number of methoxy groups -OCH3 is 1. The summed E-state index contributed by atoms with van der Waals surface area (Å²) in [6, 6.07) is 2.51. The molecule has 5 heteroatoms. The van der Waals surface area contributed by atoms with E-state index in [0.29, 0.717) is 12.1 Å². The molecule has 3 nitrogen and oxygen atoms in total. The largest absolute Gasteiger partial charge is 0.496 e. The highest BCUT2D eigenvalue weighted by Gasteiger charge is 2.43. The molecule has 0 aromatic carbocycles. The van der Waals surface area contributed by atoms with Gasteiger partial charge in [0.15, 0.2) is 0 Å². The van der Waals surface area contributed by atoms with Gasteiger partial charge >= 0.3 is 0 Å². The third-order valence-corrected chi connectivity index (χ3v) is 5.18. The van der Waals surface area contributed by atoms with Gasteiger partial charge in [0.05, 0.1) is 12.0 Å². The zero-order valence-corrected chi connectivity index (χ0v) is 11.8. The second-order valence-corrected chi connectivity index (χ2v) is 6.55. The maximum Gasteiger partial charge on any atom is 0.264 e. The zero-order chi connectivity index (χ0) is 12.7. The van der Waals surface area contributed by atoms with Crippen molar-refractivity contribution in [2.75, 3.05) is 7.11 Å². The predicted octanol–water partition coefficient (Wildman–Crippen LogP) is 3.13. The van der Waals surface area contributed by atoms with Crippen LogP contribution in [0.5, 0.6) is 5.75 Å². The van der Waals surface area contributed by atoms with Crippen LogP contribution in [0, 0.1) is 0 Å². The second kappa shape index (κ2) is 4.74. The van der Waals surface area contributed by atoms with Crippen LogP contribution < -0.4 is 4.74 Å².